The van der Waals surface area contributed by atoms with Crippen molar-refractivity contribution >= 4 is 46.6 Å². The predicted octanol–water partition coefficient (Wildman–Crippen LogP) is 4.39. The van der Waals surface area contributed by atoms with Gasteiger partial charge in [0.05, 0.1) is 16.3 Å². The summed E-state index contributed by atoms with van der Waals surface area (Å²) in [7, 11) is 1.84. The van der Waals surface area contributed by atoms with Crippen LogP contribution in [0, 0.1) is 11.3 Å². The van der Waals surface area contributed by atoms with E-state index in [0.29, 0.717) is 32.3 Å². The fourth-order valence-electron chi connectivity index (χ4n) is 2.30. The van der Waals surface area contributed by atoms with Crippen LogP contribution in [0.4, 0.5) is 5.69 Å². The third-order valence-corrected chi connectivity index (χ3v) is 5.23. The molecule has 0 saturated carbocycles. The minimum atomic E-state index is -0.211. The lowest BCUT2D eigenvalue weighted by Gasteiger charge is -2.06. The van der Waals surface area contributed by atoms with E-state index in [4.69, 9.17) is 28.5 Å². The Hall–Kier alpha value is -2.53. The molecule has 3 aromatic rings. The van der Waals surface area contributed by atoms with Gasteiger partial charge in [0.15, 0.2) is 11.0 Å². The first-order valence-electron chi connectivity index (χ1n) is 7.75. The molecule has 0 aliphatic carbocycles. The number of carbonyl (C=O) groups excluding carboxylic acids is 1. The fraction of sp³-hybridized carbons (Fsp3) is 0.111. The minimum Gasteiger partial charge on any atom is -0.325 e. The van der Waals surface area contributed by atoms with Crippen LogP contribution in [0.5, 0.6) is 0 Å². The first-order chi connectivity index (χ1) is 13.0. The highest BCUT2D eigenvalue weighted by atomic mass is 35.5. The smallest absolute Gasteiger partial charge is 0.234 e. The Labute approximate surface area is 170 Å². The number of carbonyl (C=O) groups is 1. The van der Waals surface area contributed by atoms with Gasteiger partial charge in [-0.25, -0.2) is 0 Å². The van der Waals surface area contributed by atoms with Crippen molar-refractivity contribution in [3.05, 3.63) is 58.1 Å². The number of nitrogens with zero attached hydrogens (tertiary/aromatic N) is 4. The first-order valence-corrected chi connectivity index (χ1v) is 9.49. The number of anilines is 1. The van der Waals surface area contributed by atoms with Gasteiger partial charge < -0.3 is 9.88 Å². The van der Waals surface area contributed by atoms with Gasteiger partial charge in [0.25, 0.3) is 0 Å². The standard InChI is InChI=1S/C18H13Cl2N5OS/c1-25-17(11-2-5-13(19)6-3-11)23-24-18(25)27-10-16(26)22-14-7-4-12(9-21)15(20)8-14/h2-8H,10H2,1H3,(H,22,26). The molecule has 0 atom stereocenters. The lowest BCUT2D eigenvalue weighted by Crippen LogP contribution is -2.14. The molecule has 0 unspecified atom stereocenters. The van der Waals surface area contributed by atoms with E-state index in [1.54, 1.807) is 30.3 Å². The minimum absolute atomic E-state index is 0.157. The van der Waals surface area contributed by atoms with Crippen molar-refractivity contribution in [1.82, 2.24) is 14.8 Å². The molecule has 3 rings (SSSR count). The molecule has 2 aromatic carbocycles. The van der Waals surface area contributed by atoms with Crippen molar-refractivity contribution in [2.45, 2.75) is 5.16 Å². The summed E-state index contributed by atoms with van der Waals surface area (Å²) in [6, 6.07) is 14.0. The maximum Gasteiger partial charge on any atom is 0.234 e. The van der Waals surface area contributed by atoms with E-state index in [2.05, 4.69) is 15.5 Å². The molecule has 0 aliphatic rings. The lowest BCUT2D eigenvalue weighted by atomic mass is 10.2. The van der Waals surface area contributed by atoms with Crippen molar-refractivity contribution in [3.63, 3.8) is 0 Å². The number of rotatable bonds is 5. The zero-order valence-electron chi connectivity index (χ0n) is 14.1. The fourth-order valence-corrected chi connectivity index (χ4v) is 3.36. The number of amides is 1. The van der Waals surface area contributed by atoms with Gasteiger partial charge in [-0.15, -0.1) is 10.2 Å². The van der Waals surface area contributed by atoms with E-state index in [9.17, 15) is 4.79 Å². The summed E-state index contributed by atoms with van der Waals surface area (Å²) < 4.78 is 1.82. The normalized spacial score (nSPS) is 10.4. The number of halogens is 2. The molecule has 27 heavy (non-hydrogen) atoms. The lowest BCUT2D eigenvalue weighted by molar-refractivity contribution is -0.113. The van der Waals surface area contributed by atoms with Crippen LogP contribution >= 0.6 is 35.0 Å². The Morgan fingerprint density at radius 1 is 1.22 bits per heavy atom. The average Bonchev–Trinajstić information content (AvgIpc) is 3.01. The number of thioether (sulfide) groups is 1. The topological polar surface area (TPSA) is 83.6 Å². The molecular weight excluding hydrogens is 405 g/mol. The van der Waals surface area contributed by atoms with Gasteiger partial charge in [-0.1, -0.05) is 35.0 Å². The molecule has 1 heterocycles. The van der Waals surface area contributed by atoms with Gasteiger partial charge >= 0.3 is 0 Å². The number of benzene rings is 2. The van der Waals surface area contributed by atoms with Crippen LogP contribution in [-0.4, -0.2) is 26.4 Å². The average molecular weight is 418 g/mol. The van der Waals surface area contributed by atoms with E-state index in [1.165, 1.54) is 11.8 Å². The molecule has 1 aromatic heterocycles. The quantitative estimate of drug-likeness (QED) is 0.622. The summed E-state index contributed by atoms with van der Waals surface area (Å²) >= 11 is 13.1. The van der Waals surface area contributed by atoms with E-state index < -0.39 is 0 Å². The zero-order valence-corrected chi connectivity index (χ0v) is 16.4. The van der Waals surface area contributed by atoms with E-state index in [1.807, 2.05) is 29.8 Å². The second-order valence-electron chi connectivity index (χ2n) is 5.52. The Morgan fingerprint density at radius 3 is 2.63 bits per heavy atom. The predicted molar refractivity (Wildman–Crippen MR) is 107 cm³/mol. The van der Waals surface area contributed by atoms with E-state index >= 15 is 0 Å². The molecule has 0 fully saturated rings. The van der Waals surface area contributed by atoms with Gasteiger partial charge in [-0.05, 0) is 42.5 Å². The summed E-state index contributed by atoms with van der Waals surface area (Å²) in [5, 5.41) is 21.5. The molecule has 9 heteroatoms. The van der Waals surface area contributed by atoms with Crippen molar-refractivity contribution in [1.29, 1.82) is 5.26 Å². The Morgan fingerprint density at radius 2 is 1.96 bits per heavy atom. The largest absolute Gasteiger partial charge is 0.325 e. The van der Waals surface area contributed by atoms with E-state index in [0.717, 1.165) is 5.56 Å². The van der Waals surface area contributed by atoms with Crippen molar-refractivity contribution in [3.8, 4) is 17.5 Å². The van der Waals surface area contributed by atoms with Crippen LogP contribution in [0.15, 0.2) is 47.6 Å². The van der Waals surface area contributed by atoms with Gasteiger partial charge in [-0.2, -0.15) is 5.26 Å². The first kappa shape index (κ1) is 19.2. The molecule has 0 spiro atoms. The number of aromatic nitrogens is 3. The maximum absolute atomic E-state index is 12.2. The number of hydrogen-bond acceptors (Lipinski definition) is 5. The molecule has 1 N–H and O–H groups in total. The highest BCUT2D eigenvalue weighted by Gasteiger charge is 2.13. The second kappa shape index (κ2) is 8.44. The van der Waals surface area contributed by atoms with Gasteiger partial charge in [-0.3, -0.25) is 4.79 Å². The molecular formula is C18H13Cl2N5OS. The van der Waals surface area contributed by atoms with Crippen molar-refractivity contribution < 1.29 is 4.79 Å². The third kappa shape index (κ3) is 4.61. The summed E-state index contributed by atoms with van der Waals surface area (Å²) in [5.41, 5.74) is 1.78. The van der Waals surface area contributed by atoms with Crippen LogP contribution in [0.25, 0.3) is 11.4 Å². The van der Waals surface area contributed by atoms with Crippen LogP contribution in [-0.2, 0) is 11.8 Å². The van der Waals surface area contributed by atoms with Crippen LogP contribution in [0.2, 0.25) is 10.0 Å². The third-order valence-electron chi connectivity index (χ3n) is 3.64. The number of hydrogen-bond donors (Lipinski definition) is 1. The highest BCUT2D eigenvalue weighted by Crippen LogP contribution is 2.24. The summed E-state index contributed by atoms with van der Waals surface area (Å²) in [6.45, 7) is 0. The second-order valence-corrected chi connectivity index (χ2v) is 7.30. The summed E-state index contributed by atoms with van der Waals surface area (Å²) in [6.07, 6.45) is 0. The summed E-state index contributed by atoms with van der Waals surface area (Å²) in [4.78, 5) is 12.2. The number of nitriles is 1. The monoisotopic (exact) mass is 417 g/mol. The van der Waals surface area contributed by atoms with Gasteiger partial charge in [0, 0.05) is 23.3 Å². The molecule has 0 radical (unpaired) electrons. The Balaban J connectivity index is 1.63. The van der Waals surface area contributed by atoms with Crippen LogP contribution < -0.4 is 5.32 Å². The SMILES string of the molecule is Cn1c(SCC(=O)Nc2ccc(C#N)c(Cl)c2)nnc1-c1ccc(Cl)cc1. The molecule has 0 saturated heterocycles. The Bertz CT molecular complexity index is 1030. The molecule has 0 aliphatic heterocycles. The maximum atomic E-state index is 12.2. The number of nitrogens with one attached hydrogen (secondary N) is 1. The molecule has 136 valence electrons. The summed E-state index contributed by atoms with van der Waals surface area (Å²) in [5.74, 6) is 0.634. The molecule has 1 amide bonds. The Kier molecular flexibility index (Phi) is 6.01. The van der Waals surface area contributed by atoms with Crippen molar-refractivity contribution in [2.24, 2.45) is 7.05 Å². The molecule has 0 bridgehead atoms. The van der Waals surface area contributed by atoms with Crippen LogP contribution in [0.1, 0.15) is 5.56 Å². The van der Waals surface area contributed by atoms with Crippen molar-refractivity contribution in [2.75, 3.05) is 11.1 Å². The van der Waals surface area contributed by atoms with Crippen LogP contribution in [0.3, 0.4) is 0 Å². The van der Waals surface area contributed by atoms with Gasteiger partial charge in [0.1, 0.15) is 6.07 Å². The van der Waals surface area contributed by atoms with Gasteiger partial charge in [0.2, 0.25) is 5.91 Å². The van der Waals surface area contributed by atoms with E-state index in [-0.39, 0.29) is 11.7 Å². The highest BCUT2D eigenvalue weighted by molar-refractivity contribution is 7.99. The molecule has 6 nitrogen and oxygen atoms in total. The zero-order chi connectivity index (χ0) is 19.4.